The number of hydrogen-bond donors (Lipinski definition) is 2. The summed E-state index contributed by atoms with van der Waals surface area (Å²) in [4.78, 5) is 12.7. The molecule has 21 heavy (non-hydrogen) atoms. The minimum absolute atomic E-state index is 0. The number of nitrogens with two attached hydrogens (primary N) is 1. The van der Waals surface area contributed by atoms with Crippen molar-refractivity contribution in [3.63, 3.8) is 0 Å². The van der Waals surface area contributed by atoms with Crippen LogP contribution in [0.25, 0.3) is 0 Å². The predicted molar refractivity (Wildman–Crippen MR) is 83.2 cm³/mol. The highest BCUT2D eigenvalue weighted by atomic mass is 35.5. The molecule has 0 spiro atoms. The van der Waals surface area contributed by atoms with E-state index in [0.29, 0.717) is 0 Å². The summed E-state index contributed by atoms with van der Waals surface area (Å²) in [6.07, 6.45) is 1.02. The van der Waals surface area contributed by atoms with Gasteiger partial charge in [-0.15, -0.1) is 12.4 Å². The first-order chi connectivity index (χ1) is 9.52. The van der Waals surface area contributed by atoms with Crippen LogP contribution in [-0.2, 0) is 11.3 Å². The summed E-state index contributed by atoms with van der Waals surface area (Å²) in [5.41, 5.74) is 0.931. The Labute approximate surface area is 131 Å². The molecule has 1 unspecified atom stereocenters. The highest BCUT2D eigenvalue weighted by Gasteiger charge is 2.19. The molecule has 3 N–H and O–H groups in total. The van der Waals surface area contributed by atoms with Gasteiger partial charge >= 0.3 is 0 Å². The number of rotatable bonds is 2. The molecule has 1 saturated heterocycles. The van der Waals surface area contributed by atoms with Gasteiger partial charge in [-0.25, -0.2) is 0 Å². The Kier molecular flexibility index (Phi) is 9.84. The molecule has 0 aromatic heterocycles. The molecule has 1 heterocycles. The Morgan fingerprint density at radius 1 is 1.29 bits per heavy atom. The lowest BCUT2D eigenvalue weighted by atomic mass is 10.2. The summed E-state index contributed by atoms with van der Waals surface area (Å²) in [6.45, 7) is 3.56. The van der Waals surface area contributed by atoms with Gasteiger partial charge in [0.1, 0.15) is 5.69 Å². The first kappa shape index (κ1) is 19.7. The van der Waals surface area contributed by atoms with E-state index in [1.165, 1.54) is 0 Å². The van der Waals surface area contributed by atoms with E-state index in [9.17, 15) is 10.1 Å². The van der Waals surface area contributed by atoms with Gasteiger partial charge in [-0.2, -0.15) is 0 Å². The second kappa shape index (κ2) is 10.5. The molecule has 0 aliphatic carbocycles. The van der Waals surface area contributed by atoms with Crippen molar-refractivity contribution in [2.75, 3.05) is 31.1 Å². The van der Waals surface area contributed by atoms with Crippen molar-refractivity contribution in [3.8, 4) is 0 Å². The zero-order chi connectivity index (χ0) is 15.0. The number of benzene rings is 1. The van der Waals surface area contributed by atoms with Gasteiger partial charge < -0.3 is 14.8 Å². The minimum atomic E-state index is -2.36. The molecular weight excluding hydrogens is 320 g/mol. The fourth-order valence-corrected chi connectivity index (χ4v) is 1.97. The summed E-state index contributed by atoms with van der Waals surface area (Å²) >= 11 is -2.36. The van der Waals surface area contributed by atoms with E-state index < -0.39 is 11.3 Å². The highest BCUT2D eigenvalue weighted by Crippen LogP contribution is 2.27. The second-order valence-electron chi connectivity index (χ2n) is 4.10. The van der Waals surface area contributed by atoms with Crippen LogP contribution in [0, 0.1) is 10.1 Å². The average molecular weight is 338 g/mol. The summed E-state index contributed by atoms with van der Waals surface area (Å²) in [7, 11) is 0. The molecule has 0 saturated carbocycles. The first-order valence-electron chi connectivity index (χ1n) is 6.05. The van der Waals surface area contributed by atoms with E-state index in [1.54, 1.807) is 12.1 Å². The Bertz CT molecular complexity index is 465. The third kappa shape index (κ3) is 7.34. The topological polar surface area (TPSA) is 125 Å². The molecular formula is C11H18ClN4O4S-. The average Bonchev–Trinajstić information content (AvgIpc) is 2.66. The molecule has 2 rings (SSSR count). The van der Waals surface area contributed by atoms with Gasteiger partial charge in [-0.1, -0.05) is 12.1 Å². The summed E-state index contributed by atoms with van der Waals surface area (Å²) in [6, 6.07) is 6.94. The lowest BCUT2D eigenvalue weighted by Crippen LogP contribution is -2.28. The van der Waals surface area contributed by atoms with Gasteiger partial charge in [0.05, 0.1) is 4.92 Å². The third-order valence-electron chi connectivity index (χ3n) is 2.76. The standard InChI is InChI=1S/C11H15N3O2.ClH.H3NO2S/c15-14(16)11-5-2-1-4-10(11)13-8-3-6-12-7-9-13;;1-4(2)3/h1-2,4-5,12H,3,6-9H2;1H;1H2,(H,2,3)/p-1. The van der Waals surface area contributed by atoms with Crippen molar-refractivity contribution in [2.45, 2.75) is 6.42 Å². The van der Waals surface area contributed by atoms with E-state index in [4.69, 9.17) is 8.76 Å². The van der Waals surface area contributed by atoms with Crippen molar-refractivity contribution in [2.24, 2.45) is 5.14 Å². The zero-order valence-electron chi connectivity index (χ0n) is 11.3. The Morgan fingerprint density at radius 3 is 2.52 bits per heavy atom. The molecule has 1 atom stereocenters. The normalized spacial score (nSPS) is 15.8. The fourth-order valence-electron chi connectivity index (χ4n) is 1.97. The fraction of sp³-hybridized carbons (Fsp3) is 0.455. The van der Waals surface area contributed by atoms with E-state index in [1.807, 2.05) is 12.1 Å². The first-order valence-corrected chi connectivity index (χ1v) is 7.19. The number of anilines is 1. The Hall–Kier alpha value is -1.26. The maximum Gasteiger partial charge on any atom is 0.292 e. The van der Waals surface area contributed by atoms with Crippen LogP contribution in [0.2, 0.25) is 0 Å². The summed E-state index contributed by atoms with van der Waals surface area (Å²) in [5, 5.41) is 18.2. The van der Waals surface area contributed by atoms with Crippen LogP contribution in [0.4, 0.5) is 11.4 Å². The summed E-state index contributed by atoms with van der Waals surface area (Å²) in [5.74, 6) is 0. The molecule has 120 valence electrons. The Morgan fingerprint density at radius 2 is 1.90 bits per heavy atom. The van der Waals surface area contributed by atoms with E-state index in [-0.39, 0.29) is 23.0 Å². The van der Waals surface area contributed by atoms with Crippen LogP contribution < -0.4 is 15.4 Å². The molecule has 0 radical (unpaired) electrons. The second-order valence-corrected chi connectivity index (χ2v) is 4.62. The maximum absolute atomic E-state index is 10.9. The molecule has 1 aromatic carbocycles. The molecule has 0 bridgehead atoms. The summed E-state index contributed by atoms with van der Waals surface area (Å²) < 4.78 is 17.6. The molecule has 0 amide bonds. The SMILES string of the molecule is Cl.NS(=O)[O-].O=[N+]([O-])c1ccccc1N1CCCNCC1. The molecule has 10 heteroatoms. The van der Waals surface area contributed by atoms with Crippen molar-refractivity contribution >= 4 is 35.0 Å². The van der Waals surface area contributed by atoms with Crippen LogP contribution in [0.5, 0.6) is 0 Å². The van der Waals surface area contributed by atoms with Gasteiger partial charge in [-0.05, 0) is 19.0 Å². The molecule has 1 aliphatic rings. The number of nitro benzene ring substituents is 1. The smallest absolute Gasteiger partial charge is 0.292 e. The van der Waals surface area contributed by atoms with Crippen LogP contribution >= 0.6 is 12.4 Å². The Balaban J connectivity index is 0.000000715. The van der Waals surface area contributed by atoms with E-state index in [2.05, 4.69) is 15.4 Å². The monoisotopic (exact) mass is 337 g/mol. The number of nitrogens with one attached hydrogen (secondary N) is 1. The number of nitro groups is 1. The van der Waals surface area contributed by atoms with Crippen molar-refractivity contribution in [1.82, 2.24) is 5.32 Å². The van der Waals surface area contributed by atoms with Crippen LogP contribution in [0.3, 0.4) is 0 Å². The largest absolute Gasteiger partial charge is 0.760 e. The maximum atomic E-state index is 10.9. The predicted octanol–water partition coefficient (Wildman–Crippen LogP) is 0.555. The zero-order valence-corrected chi connectivity index (χ0v) is 12.9. The van der Waals surface area contributed by atoms with Crippen molar-refractivity contribution < 1.29 is 13.7 Å². The van der Waals surface area contributed by atoms with Crippen molar-refractivity contribution in [3.05, 3.63) is 34.4 Å². The minimum Gasteiger partial charge on any atom is -0.760 e. The molecule has 1 aromatic rings. The third-order valence-corrected chi connectivity index (χ3v) is 2.76. The highest BCUT2D eigenvalue weighted by molar-refractivity contribution is 7.76. The molecule has 1 aliphatic heterocycles. The van der Waals surface area contributed by atoms with Gasteiger partial charge in [0.2, 0.25) is 0 Å². The van der Waals surface area contributed by atoms with Gasteiger partial charge in [-0.3, -0.25) is 19.5 Å². The van der Waals surface area contributed by atoms with Crippen LogP contribution in [-0.4, -0.2) is 39.9 Å². The number of para-hydroxylation sites is 2. The molecule has 8 nitrogen and oxygen atoms in total. The van der Waals surface area contributed by atoms with Gasteiger partial charge in [0.25, 0.3) is 5.69 Å². The lowest BCUT2D eigenvalue weighted by Gasteiger charge is -2.21. The number of nitrogens with zero attached hydrogens (tertiary/aromatic N) is 2. The van der Waals surface area contributed by atoms with Gasteiger partial charge in [0.15, 0.2) is 0 Å². The number of hydrogen-bond acceptors (Lipinski definition) is 6. The van der Waals surface area contributed by atoms with Crippen LogP contribution in [0.1, 0.15) is 6.42 Å². The van der Waals surface area contributed by atoms with E-state index >= 15 is 0 Å². The van der Waals surface area contributed by atoms with Crippen LogP contribution in [0.15, 0.2) is 24.3 Å². The van der Waals surface area contributed by atoms with Crippen molar-refractivity contribution in [1.29, 1.82) is 0 Å². The lowest BCUT2D eigenvalue weighted by molar-refractivity contribution is -0.384. The number of halogens is 1. The molecule has 1 fully saturated rings. The van der Waals surface area contributed by atoms with E-state index in [0.717, 1.165) is 38.3 Å². The van der Waals surface area contributed by atoms with Gasteiger partial charge in [0, 0.05) is 37.0 Å². The quantitative estimate of drug-likeness (QED) is 0.461.